The molecule has 1 aliphatic heterocycles. The summed E-state index contributed by atoms with van der Waals surface area (Å²) in [5, 5.41) is 9.37. The van der Waals surface area contributed by atoms with Crippen molar-refractivity contribution >= 4 is 11.4 Å². The molecule has 7 heteroatoms. The molecule has 1 aliphatic carbocycles. The Labute approximate surface area is 238 Å². The minimum Gasteiger partial charge on any atom is -0.496 e. The summed E-state index contributed by atoms with van der Waals surface area (Å²) in [6, 6.07) is 15.1. The van der Waals surface area contributed by atoms with E-state index in [0.29, 0.717) is 24.0 Å². The summed E-state index contributed by atoms with van der Waals surface area (Å²) in [4.78, 5) is 13.3. The van der Waals surface area contributed by atoms with Crippen LogP contribution in [0.1, 0.15) is 55.1 Å². The SMILES string of the molecule is COc1cc(CC(C)C)ccc1COc1ccc2c(c1)CCC(CN1CCN(c3nccnc3C#N)CC1)=C2C. The largest absolute Gasteiger partial charge is 0.496 e. The van der Waals surface area contributed by atoms with Crippen LogP contribution in [0.25, 0.3) is 5.57 Å². The molecule has 0 amide bonds. The number of nitrogens with zero attached hydrogens (tertiary/aromatic N) is 5. The number of hydrogen-bond donors (Lipinski definition) is 0. The van der Waals surface area contributed by atoms with Gasteiger partial charge in [0.1, 0.15) is 24.2 Å². The Morgan fingerprint density at radius 3 is 2.55 bits per heavy atom. The maximum absolute atomic E-state index is 9.37. The number of ether oxygens (including phenoxy) is 2. The van der Waals surface area contributed by atoms with Crippen molar-refractivity contribution in [2.75, 3.05) is 44.7 Å². The molecule has 3 aromatic rings. The van der Waals surface area contributed by atoms with Crippen LogP contribution < -0.4 is 14.4 Å². The zero-order chi connectivity index (χ0) is 28.1. The highest BCUT2D eigenvalue weighted by Crippen LogP contribution is 2.34. The number of piperazine rings is 1. The molecule has 7 nitrogen and oxygen atoms in total. The molecule has 5 rings (SSSR count). The first-order valence-electron chi connectivity index (χ1n) is 14.2. The summed E-state index contributed by atoms with van der Waals surface area (Å²) in [7, 11) is 1.73. The van der Waals surface area contributed by atoms with Crippen LogP contribution in [-0.2, 0) is 19.4 Å². The zero-order valence-electron chi connectivity index (χ0n) is 24.1. The van der Waals surface area contributed by atoms with Crippen LogP contribution in [-0.4, -0.2) is 54.7 Å². The fourth-order valence-electron chi connectivity index (χ4n) is 5.79. The van der Waals surface area contributed by atoms with Crippen molar-refractivity contribution in [3.8, 4) is 17.6 Å². The van der Waals surface area contributed by atoms with Crippen molar-refractivity contribution in [2.24, 2.45) is 5.92 Å². The minimum absolute atomic E-state index is 0.403. The van der Waals surface area contributed by atoms with E-state index >= 15 is 0 Å². The van der Waals surface area contributed by atoms with Gasteiger partial charge >= 0.3 is 0 Å². The van der Waals surface area contributed by atoms with E-state index in [-0.39, 0.29) is 0 Å². The summed E-state index contributed by atoms with van der Waals surface area (Å²) in [5.74, 6) is 3.10. The van der Waals surface area contributed by atoms with Crippen LogP contribution in [0.5, 0.6) is 11.5 Å². The van der Waals surface area contributed by atoms with Crippen molar-refractivity contribution in [1.82, 2.24) is 14.9 Å². The van der Waals surface area contributed by atoms with Gasteiger partial charge in [0.15, 0.2) is 11.5 Å². The highest BCUT2D eigenvalue weighted by atomic mass is 16.5. The molecule has 2 aliphatic rings. The Hall–Kier alpha value is -3.89. The van der Waals surface area contributed by atoms with Gasteiger partial charge in [-0.05, 0) is 72.6 Å². The van der Waals surface area contributed by atoms with Gasteiger partial charge in [0.05, 0.1) is 7.11 Å². The molecule has 0 saturated carbocycles. The second-order valence-corrected chi connectivity index (χ2v) is 11.2. The quantitative estimate of drug-likeness (QED) is 0.348. The van der Waals surface area contributed by atoms with E-state index < -0.39 is 0 Å². The van der Waals surface area contributed by atoms with Gasteiger partial charge in [-0.25, -0.2) is 9.97 Å². The van der Waals surface area contributed by atoms with E-state index in [9.17, 15) is 5.26 Å². The number of fused-ring (bicyclic) bond motifs is 1. The Morgan fingerprint density at radius 1 is 1.00 bits per heavy atom. The van der Waals surface area contributed by atoms with E-state index in [0.717, 1.165) is 69.0 Å². The van der Waals surface area contributed by atoms with Crippen molar-refractivity contribution in [2.45, 2.75) is 46.6 Å². The fraction of sp³-hybridized carbons (Fsp3) is 0.424. The maximum Gasteiger partial charge on any atom is 0.183 e. The van der Waals surface area contributed by atoms with Crippen LogP contribution in [0.15, 0.2) is 54.4 Å². The number of aromatic nitrogens is 2. The lowest BCUT2D eigenvalue weighted by molar-refractivity contribution is 0.275. The Morgan fingerprint density at radius 2 is 1.80 bits per heavy atom. The van der Waals surface area contributed by atoms with E-state index in [4.69, 9.17) is 9.47 Å². The number of nitriles is 1. The topological polar surface area (TPSA) is 74.5 Å². The Kier molecular flexibility index (Phi) is 8.66. The third-order valence-corrected chi connectivity index (χ3v) is 7.97. The van der Waals surface area contributed by atoms with E-state index in [1.54, 1.807) is 19.5 Å². The summed E-state index contributed by atoms with van der Waals surface area (Å²) >= 11 is 0. The molecule has 0 radical (unpaired) electrons. The van der Waals surface area contributed by atoms with Crippen LogP contribution >= 0.6 is 0 Å². The van der Waals surface area contributed by atoms with E-state index in [1.165, 1.54) is 27.8 Å². The van der Waals surface area contributed by atoms with Gasteiger partial charge in [-0.1, -0.05) is 37.6 Å². The number of methoxy groups -OCH3 is 1. The molecular weight excluding hydrogens is 498 g/mol. The summed E-state index contributed by atoms with van der Waals surface area (Å²) in [6.45, 7) is 11.8. The van der Waals surface area contributed by atoms with Crippen molar-refractivity contribution in [1.29, 1.82) is 5.26 Å². The van der Waals surface area contributed by atoms with Crippen molar-refractivity contribution in [3.63, 3.8) is 0 Å². The van der Waals surface area contributed by atoms with Gasteiger partial charge < -0.3 is 14.4 Å². The summed E-state index contributed by atoms with van der Waals surface area (Å²) in [5.41, 5.74) is 8.35. The predicted octanol–water partition coefficient (Wildman–Crippen LogP) is 5.68. The smallest absolute Gasteiger partial charge is 0.183 e. The number of aryl methyl sites for hydroxylation is 1. The summed E-state index contributed by atoms with van der Waals surface area (Å²) < 4.78 is 11.9. The second-order valence-electron chi connectivity index (χ2n) is 11.2. The van der Waals surface area contributed by atoms with E-state index in [1.807, 2.05) is 0 Å². The molecule has 2 heterocycles. The molecule has 1 aromatic heterocycles. The molecule has 0 unspecified atom stereocenters. The number of rotatable bonds is 9. The van der Waals surface area contributed by atoms with Gasteiger partial charge in [0.2, 0.25) is 0 Å². The molecule has 0 spiro atoms. The highest BCUT2D eigenvalue weighted by Gasteiger charge is 2.24. The van der Waals surface area contributed by atoms with Gasteiger partial charge in [0, 0.05) is 50.7 Å². The first kappa shape index (κ1) is 27.7. The number of benzene rings is 2. The molecule has 1 saturated heterocycles. The zero-order valence-corrected chi connectivity index (χ0v) is 24.1. The average Bonchev–Trinajstić information content (AvgIpc) is 2.98. The molecule has 2 aromatic carbocycles. The highest BCUT2D eigenvalue weighted by molar-refractivity contribution is 5.72. The molecular formula is C33H39N5O2. The minimum atomic E-state index is 0.403. The van der Waals surface area contributed by atoms with Crippen LogP contribution in [0.2, 0.25) is 0 Å². The van der Waals surface area contributed by atoms with E-state index in [2.05, 4.69) is 83.0 Å². The van der Waals surface area contributed by atoms with Gasteiger partial charge in [0.25, 0.3) is 0 Å². The normalized spacial score (nSPS) is 15.7. The Balaban J connectivity index is 1.20. The van der Waals surface area contributed by atoms with Crippen LogP contribution in [0, 0.1) is 17.2 Å². The van der Waals surface area contributed by atoms with Crippen LogP contribution in [0.4, 0.5) is 5.82 Å². The standard InChI is InChI=1S/C33H39N5O2/c1-23(2)17-25-5-6-28(32(18-25)39-4)22-40-29-9-10-30-24(3)27(8-7-26(30)19-29)21-37-13-15-38(16-14-37)33-31(20-34)35-11-12-36-33/h5-6,9-12,18-19,23H,7-8,13-17,21-22H2,1-4H3. The fourth-order valence-corrected chi connectivity index (χ4v) is 5.79. The van der Waals surface area contributed by atoms with Gasteiger partial charge in [-0.15, -0.1) is 0 Å². The second kappa shape index (κ2) is 12.5. The third kappa shape index (κ3) is 6.29. The van der Waals surface area contributed by atoms with Gasteiger partial charge in [-0.3, -0.25) is 4.90 Å². The predicted molar refractivity (Wildman–Crippen MR) is 159 cm³/mol. The molecule has 208 valence electrons. The molecule has 40 heavy (non-hydrogen) atoms. The summed E-state index contributed by atoms with van der Waals surface area (Å²) in [6.07, 6.45) is 6.37. The van der Waals surface area contributed by atoms with Gasteiger partial charge in [-0.2, -0.15) is 5.26 Å². The lowest BCUT2D eigenvalue weighted by Crippen LogP contribution is -2.47. The Bertz CT molecular complexity index is 1420. The van der Waals surface area contributed by atoms with Crippen molar-refractivity contribution in [3.05, 3.63) is 82.3 Å². The average molecular weight is 538 g/mol. The first-order chi connectivity index (χ1) is 19.4. The molecule has 1 fully saturated rings. The lowest BCUT2D eigenvalue weighted by Gasteiger charge is -2.36. The lowest BCUT2D eigenvalue weighted by atomic mass is 9.86. The monoisotopic (exact) mass is 537 g/mol. The molecule has 0 N–H and O–H groups in total. The molecule has 0 bridgehead atoms. The number of allylic oxidation sites excluding steroid dienone is 1. The first-order valence-corrected chi connectivity index (χ1v) is 14.2. The van der Waals surface area contributed by atoms with Crippen molar-refractivity contribution < 1.29 is 9.47 Å². The molecule has 0 atom stereocenters. The maximum atomic E-state index is 9.37. The third-order valence-electron chi connectivity index (χ3n) is 7.97. The number of anilines is 1. The number of hydrogen-bond acceptors (Lipinski definition) is 7. The van der Waals surface area contributed by atoms with Crippen LogP contribution in [0.3, 0.4) is 0 Å².